The Morgan fingerprint density at radius 3 is 2.81 bits per heavy atom. The molecule has 2 aromatic rings. The van der Waals surface area contributed by atoms with E-state index in [2.05, 4.69) is 20.3 Å². The fraction of sp³-hybridized carbons (Fsp3) is 0.647. The van der Waals surface area contributed by atoms with Gasteiger partial charge in [-0.15, -0.1) is 0 Å². The van der Waals surface area contributed by atoms with Crippen molar-refractivity contribution in [2.45, 2.75) is 51.1 Å². The molecule has 4 rings (SSSR count). The normalized spacial score (nSPS) is 21.9. The summed E-state index contributed by atoms with van der Waals surface area (Å²) in [5.74, 6) is 0.479. The Hall–Kier alpha value is -2.42. The largest absolute Gasteiger partial charge is 0.381 e. The van der Waals surface area contributed by atoms with Crippen LogP contribution >= 0.6 is 0 Å². The SMILES string of the molecule is Cc1c(C(=O)N2CCCC[C@@H]2c2n[nH]c(=O)[nH]2)cnn1C1CCOCC1. The fourth-order valence-electron chi connectivity index (χ4n) is 3.99. The number of amides is 1. The number of likely N-dealkylation sites (tertiary alicyclic amines) is 1. The number of nitrogens with zero attached hydrogens (tertiary/aromatic N) is 4. The van der Waals surface area contributed by atoms with Crippen molar-refractivity contribution in [3.63, 3.8) is 0 Å². The van der Waals surface area contributed by atoms with E-state index in [1.165, 1.54) is 0 Å². The summed E-state index contributed by atoms with van der Waals surface area (Å²) >= 11 is 0. The maximum atomic E-state index is 13.2. The van der Waals surface area contributed by atoms with Crippen molar-refractivity contribution in [2.24, 2.45) is 0 Å². The zero-order chi connectivity index (χ0) is 18.1. The first kappa shape index (κ1) is 17.0. The summed E-state index contributed by atoms with van der Waals surface area (Å²) < 4.78 is 7.38. The van der Waals surface area contributed by atoms with E-state index in [1.54, 1.807) is 6.20 Å². The number of aromatic nitrogens is 5. The van der Waals surface area contributed by atoms with Gasteiger partial charge in [-0.25, -0.2) is 9.89 Å². The van der Waals surface area contributed by atoms with Gasteiger partial charge >= 0.3 is 5.69 Å². The highest BCUT2D eigenvalue weighted by Gasteiger charge is 2.33. The summed E-state index contributed by atoms with van der Waals surface area (Å²) in [5.41, 5.74) is 1.17. The number of hydrogen-bond donors (Lipinski definition) is 2. The van der Waals surface area contributed by atoms with Gasteiger partial charge < -0.3 is 9.64 Å². The van der Waals surface area contributed by atoms with Crippen LogP contribution in [0.2, 0.25) is 0 Å². The molecule has 9 nitrogen and oxygen atoms in total. The lowest BCUT2D eigenvalue weighted by Crippen LogP contribution is -2.39. The molecular weight excluding hydrogens is 336 g/mol. The Balaban J connectivity index is 1.59. The molecule has 2 N–H and O–H groups in total. The first-order valence-electron chi connectivity index (χ1n) is 9.22. The number of nitrogens with one attached hydrogen (secondary N) is 2. The molecule has 2 aliphatic rings. The smallest absolute Gasteiger partial charge is 0.340 e. The van der Waals surface area contributed by atoms with Gasteiger partial charge in [0, 0.05) is 25.5 Å². The minimum Gasteiger partial charge on any atom is -0.381 e. The van der Waals surface area contributed by atoms with Gasteiger partial charge in [0.1, 0.15) is 0 Å². The van der Waals surface area contributed by atoms with Crippen molar-refractivity contribution >= 4 is 5.91 Å². The van der Waals surface area contributed by atoms with Gasteiger partial charge in [0.05, 0.1) is 23.8 Å². The molecule has 4 heterocycles. The third kappa shape index (κ3) is 3.07. The summed E-state index contributed by atoms with van der Waals surface area (Å²) in [7, 11) is 0. The van der Waals surface area contributed by atoms with Gasteiger partial charge in [-0.2, -0.15) is 10.2 Å². The molecule has 0 saturated carbocycles. The third-order valence-electron chi connectivity index (χ3n) is 5.41. The highest BCUT2D eigenvalue weighted by molar-refractivity contribution is 5.95. The zero-order valence-electron chi connectivity index (χ0n) is 14.9. The molecule has 2 fully saturated rings. The second kappa shape index (κ2) is 7.06. The number of rotatable bonds is 3. The Kier molecular flexibility index (Phi) is 4.62. The second-order valence-corrected chi connectivity index (χ2v) is 7.00. The van der Waals surface area contributed by atoms with Crippen LogP contribution in [0.15, 0.2) is 11.0 Å². The third-order valence-corrected chi connectivity index (χ3v) is 5.41. The molecule has 0 unspecified atom stereocenters. The van der Waals surface area contributed by atoms with Crippen molar-refractivity contribution in [2.75, 3.05) is 19.8 Å². The van der Waals surface area contributed by atoms with E-state index in [1.807, 2.05) is 16.5 Å². The molecule has 26 heavy (non-hydrogen) atoms. The van der Waals surface area contributed by atoms with Crippen LogP contribution in [-0.4, -0.2) is 55.5 Å². The minimum absolute atomic E-state index is 0.0469. The van der Waals surface area contributed by atoms with Gasteiger partial charge in [-0.3, -0.25) is 14.5 Å². The van der Waals surface area contributed by atoms with Crippen molar-refractivity contribution in [1.82, 2.24) is 29.9 Å². The Morgan fingerprint density at radius 2 is 2.08 bits per heavy atom. The molecule has 0 aliphatic carbocycles. The average molecular weight is 360 g/mol. The monoisotopic (exact) mass is 360 g/mol. The molecule has 0 bridgehead atoms. The Bertz CT molecular complexity index is 832. The van der Waals surface area contributed by atoms with Crippen LogP contribution in [0.5, 0.6) is 0 Å². The first-order valence-corrected chi connectivity index (χ1v) is 9.22. The number of carbonyl (C=O) groups excluding carboxylic acids is 1. The maximum Gasteiger partial charge on any atom is 0.340 e. The van der Waals surface area contributed by atoms with E-state index in [0.717, 1.165) is 51.0 Å². The van der Waals surface area contributed by atoms with E-state index in [4.69, 9.17) is 4.74 Å². The number of carbonyl (C=O) groups is 1. The van der Waals surface area contributed by atoms with Crippen molar-refractivity contribution in [3.05, 3.63) is 33.8 Å². The number of H-pyrrole nitrogens is 2. The van der Waals surface area contributed by atoms with Crippen molar-refractivity contribution in [1.29, 1.82) is 0 Å². The maximum absolute atomic E-state index is 13.2. The van der Waals surface area contributed by atoms with E-state index >= 15 is 0 Å². The van der Waals surface area contributed by atoms with Crippen LogP contribution in [0, 0.1) is 6.92 Å². The van der Waals surface area contributed by atoms with E-state index < -0.39 is 0 Å². The fourth-order valence-corrected chi connectivity index (χ4v) is 3.99. The van der Waals surface area contributed by atoms with Gasteiger partial charge in [0.2, 0.25) is 0 Å². The summed E-state index contributed by atoms with van der Waals surface area (Å²) in [6.07, 6.45) is 6.24. The van der Waals surface area contributed by atoms with Gasteiger partial charge in [0.25, 0.3) is 5.91 Å². The quantitative estimate of drug-likeness (QED) is 0.858. The predicted octanol–water partition coefficient (Wildman–Crippen LogP) is 1.32. The lowest BCUT2D eigenvalue weighted by Gasteiger charge is -2.34. The molecule has 1 atom stereocenters. The summed E-state index contributed by atoms with van der Waals surface area (Å²) in [4.78, 5) is 29.2. The Labute approximate surface area is 150 Å². The van der Waals surface area contributed by atoms with Gasteiger partial charge in [-0.05, 0) is 39.0 Å². The van der Waals surface area contributed by atoms with E-state index in [-0.39, 0.29) is 23.7 Å². The minimum atomic E-state index is -0.346. The lowest BCUT2D eigenvalue weighted by molar-refractivity contribution is 0.0596. The van der Waals surface area contributed by atoms with E-state index in [9.17, 15) is 9.59 Å². The Morgan fingerprint density at radius 1 is 1.27 bits per heavy atom. The topological polar surface area (TPSA) is 109 Å². The van der Waals surface area contributed by atoms with Gasteiger partial charge in [-0.1, -0.05) is 0 Å². The van der Waals surface area contributed by atoms with Crippen LogP contribution < -0.4 is 5.69 Å². The predicted molar refractivity (Wildman–Crippen MR) is 92.9 cm³/mol. The van der Waals surface area contributed by atoms with Crippen LogP contribution in [0.4, 0.5) is 0 Å². The summed E-state index contributed by atoms with van der Waals surface area (Å²) in [5, 5.41) is 10.9. The van der Waals surface area contributed by atoms with Crippen LogP contribution in [-0.2, 0) is 4.74 Å². The zero-order valence-corrected chi connectivity index (χ0v) is 14.9. The number of ether oxygens (including phenoxy) is 1. The van der Waals surface area contributed by atoms with Crippen LogP contribution in [0.3, 0.4) is 0 Å². The van der Waals surface area contributed by atoms with Crippen LogP contribution in [0.25, 0.3) is 0 Å². The molecule has 140 valence electrons. The molecular formula is C17H24N6O3. The second-order valence-electron chi connectivity index (χ2n) is 7.00. The summed E-state index contributed by atoms with van der Waals surface area (Å²) in [6.45, 7) is 4.06. The number of piperidine rings is 1. The molecule has 2 aromatic heterocycles. The van der Waals surface area contributed by atoms with Gasteiger partial charge in [0.15, 0.2) is 5.82 Å². The highest BCUT2D eigenvalue weighted by Crippen LogP contribution is 2.31. The molecule has 0 radical (unpaired) electrons. The molecule has 0 spiro atoms. The molecule has 0 aromatic carbocycles. The highest BCUT2D eigenvalue weighted by atomic mass is 16.5. The number of aromatic amines is 2. The summed E-state index contributed by atoms with van der Waals surface area (Å²) in [6, 6.07) is 0.0752. The first-order chi connectivity index (χ1) is 12.6. The van der Waals surface area contributed by atoms with E-state index in [0.29, 0.717) is 17.9 Å². The average Bonchev–Trinajstić information content (AvgIpc) is 3.28. The molecule has 9 heteroatoms. The van der Waals surface area contributed by atoms with Crippen LogP contribution in [0.1, 0.15) is 66.1 Å². The lowest BCUT2D eigenvalue weighted by atomic mass is 10.00. The standard InChI is InChI=1S/C17H24N6O3/c1-11-13(10-18-23(11)12-5-8-26-9-6-12)16(24)22-7-3-2-4-14(22)15-19-17(25)21-20-15/h10,12,14H,2-9H2,1H3,(H2,19,20,21,25)/t14-/m1/s1. The van der Waals surface area contributed by atoms with Crippen molar-refractivity contribution in [3.8, 4) is 0 Å². The molecule has 2 aliphatic heterocycles. The molecule has 2 saturated heterocycles. The number of hydrogen-bond acceptors (Lipinski definition) is 5. The molecule has 1 amide bonds. The van der Waals surface area contributed by atoms with Crippen molar-refractivity contribution < 1.29 is 9.53 Å².